The van der Waals surface area contributed by atoms with Crippen LogP contribution in [0.1, 0.15) is 30.4 Å². The van der Waals surface area contributed by atoms with Crippen molar-refractivity contribution in [2.24, 2.45) is 5.41 Å². The first kappa shape index (κ1) is 14.3. The van der Waals surface area contributed by atoms with Crippen molar-refractivity contribution in [2.45, 2.75) is 33.1 Å². The summed E-state index contributed by atoms with van der Waals surface area (Å²) in [5.74, 6) is 0.629. The molecule has 0 bridgehead atoms. The van der Waals surface area contributed by atoms with Crippen molar-refractivity contribution in [1.29, 1.82) is 0 Å². The van der Waals surface area contributed by atoms with Crippen LogP contribution < -0.4 is 4.74 Å². The van der Waals surface area contributed by atoms with Crippen LogP contribution in [0.3, 0.4) is 0 Å². The number of hydrogen-bond acceptors (Lipinski definition) is 3. The number of benzene rings is 1. The Bertz CT molecular complexity index is 492. The number of halogens is 1. The first-order chi connectivity index (χ1) is 8.97. The maximum absolute atomic E-state index is 11.0. The number of hydrogen-bond donors (Lipinski definition) is 0. The van der Waals surface area contributed by atoms with Gasteiger partial charge in [-0.05, 0) is 38.3 Å². The highest BCUT2D eigenvalue weighted by atomic mass is 79.9. The zero-order chi connectivity index (χ0) is 14.0. The molecule has 1 saturated carbocycles. The largest absolute Gasteiger partial charge is 0.492 e. The van der Waals surface area contributed by atoms with Gasteiger partial charge in [0.1, 0.15) is 5.75 Å². The molecule has 1 aromatic carbocycles. The molecule has 0 aliphatic heterocycles. The van der Waals surface area contributed by atoms with Gasteiger partial charge in [0, 0.05) is 16.3 Å². The minimum Gasteiger partial charge on any atom is -0.492 e. The van der Waals surface area contributed by atoms with E-state index in [1.807, 2.05) is 13.0 Å². The molecular weight excluding hydrogens is 310 g/mol. The second kappa shape index (κ2) is 5.49. The van der Waals surface area contributed by atoms with E-state index in [9.17, 15) is 10.1 Å². The van der Waals surface area contributed by atoms with Gasteiger partial charge < -0.3 is 4.74 Å². The molecule has 19 heavy (non-hydrogen) atoms. The maximum atomic E-state index is 11.0. The molecule has 5 heteroatoms. The smallest absolute Gasteiger partial charge is 0.276 e. The number of nitro groups is 1. The molecule has 104 valence electrons. The highest BCUT2D eigenvalue weighted by Crippen LogP contribution is 2.43. The van der Waals surface area contributed by atoms with Gasteiger partial charge in [0.05, 0.1) is 17.6 Å². The molecule has 0 heterocycles. The third-order valence-corrected chi connectivity index (χ3v) is 5.11. The predicted octanol–water partition coefficient (Wildman–Crippen LogP) is 4.16. The second-order valence-electron chi connectivity index (χ2n) is 5.44. The van der Waals surface area contributed by atoms with Crippen molar-refractivity contribution in [3.05, 3.63) is 33.4 Å². The summed E-state index contributed by atoms with van der Waals surface area (Å²) >= 11 is 3.54. The first-order valence-electron chi connectivity index (χ1n) is 6.42. The summed E-state index contributed by atoms with van der Waals surface area (Å²) in [6.45, 7) is 4.30. The Morgan fingerprint density at radius 1 is 1.37 bits per heavy atom. The predicted molar refractivity (Wildman–Crippen MR) is 78.1 cm³/mol. The number of ether oxygens (including phenoxy) is 1. The van der Waals surface area contributed by atoms with Gasteiger partial charge in [-0.25, -0.2) is 0 Å². The minimum absolute atomic E-state index is 0.127. The third-order valence-electron chi connectivity index (χ3n) is 3.92. The SMILES string of the molecule is Cc1cc(C)c([N+](=O)[O-])cc1OCC1(CBr)CCC1. The summed E-state index contributed by atoms with van der Waals surface area (Å²) in [4.78, 5) is 10.6. The lowest BCUT2D eigenvalue weighted by Crippen LogP contribution is -2.37. The first-order valence-corrected chi connectivity index (χ1v) is 7.54. The van der Waals surface area contributed by atoms with Gasteiger partial charge in [-0.1, -0.05) is 22.4 Å². The van der Waals surface area contributed by atoms with Gasteiger partial charge in [0.25, 0.3) is 5.69 Å². The topological polar surface area (TPSA) is 52.4 Å². The molecule has 1 aromatic rings. The molecule has 1 fully saturated rings. The number of nitro benzene ring substituents is 1. The van der Waals surface area contributed by atoms with Crippen molar-refractivity contribution < 1.29 is 9.66 Å². The van der Waals surface area contributed by atoms with E-state index in [2.05, 4.69) is 15.9 Å². The van der Waals surface area contributed by atoms with E-state index in [-0.39, 0.29) is 16.0 Å². The maximum Gasteiger partial charge on any atom is 0.276 e. The molecule has 4 nitrogen and oxygen atoms in total. The molecule has 0 spiro atoms. The molecule has 0 amide bonds. The number of aryl methyl sites for hydroxylation is 2. The summed E-state index contributed by atoms with van der Waals surface area (Å²) in [6, 6.07) is 3.36. The number of alkyl halides is 1. The van der Waals surface area contributed by atoms with Gasteiger partial charge in [0.15, 0.2) is 0 Å². The van der Waals surface area contributed by atoms with Crippen molar-refractivity contribution in [2.75, 3.05) is 11.9 Å². The Morgan fingerprint density at radius 2 is 2.05 bits per heavy atom. The van der Waals surface area contributed by atoms with Gasteiger partial charge >= 0.3 is 0 Å². The lowest BCUT2D eigenvalue weighted by molar-refractivity contribution is -0.385. The fraction of sp³-hybridized carbons (Fsp3) is 0.571. The highest BCUT2D eigenvalue weighted by Gasteiger charge is 2.37. The molecular formula is C14H18BrNO3. The van der Waals surface area contributed by atoms with Crippen molar-refractivity contribution >= 4 is 21.6 Å². The average molecular weight is 328 g/mol. The third kappa shape index (κ3) is 2.91. The van der Waals surface area contributed by atoms with Crippen LogP contribution in [0.4, 0.5) is 5.69 Å². The van der Waals surface area contributed by atoms with E-state index >= 15 is 0 Å². The van der Waals surface area contributed by atoms with Crippen LogP contribution in [0.15, 0.2) is 12.1 Å². The van der Waals surface area contributed by atoms with Crippen LogP contribution >= 0.6 is 15.9 Å². The Labute approximate surface area is 121 Å². The van der Waals surface area contributed by atoms with Crippen LogP contribution in [0.2, 0.25) is 0 Å². The molecule has 0 N–H and O–H groups in total. The summed E-state index contributed by atoms with van der Waals surface area (Å²) in [5, 5.41) is 11.9. The summed E-state index contributed by atoms with van der Waals surface area (Å²) < 4.78 is 5.85. The lowest BCUT2D eigenvalue weighted by atomic mass is 9.71. The summed E-state index contributed by atoms with van der Waals surface area (Å²) in [6.07, 6.45) is 3.55. The zero-order valence-corrected chi connectivity index (χ0v) is 12.8. The summed E-state index contributed by atoms with van der Waals surface area (Å²) in [7, 11) is 0. The molecule has 0 unspecified atom stereocenters. The monoisotopic (exact) mass is 327 g/mol. The highest BCUT2D eigenvalue weighted by molar-refractivity contribution is 9.09. The molecule has 1 aliphatic rings. The molecule has 1 aliphatic carbocycles. The molecule has 0 saturated heterocycles. The molecule has 2 rings (SSSR count). The van der Waals surface area contributed by atoms with Crippen LogP contribution in [0, 0.1) is 29.4 Å². The van der Waals surface area contributed by atoms with Gasteiger partial charge in [-0.3, -0.25) is 10.1 Å². The van der Waals surface area contributed by atoms with E-state index < -0.39 is 0 Å². The van der Waals surface area contributed by atoms with E-state index in [1.54, 1.807) is 13.0 Å². The zero-order valence-electron chi connectivity index (χ0n) is 11.2. The van der Waals surface area contributed by atoms with Gasteiger partial charge in [-0.15, -0.1) is 0 Å². The normalized spacial score (nSPS) is 16.8. The van der Waals surface area contributed by atoms with Crippen molar-refractivity contribution in [3.63, 3.8) is 0 Å². The van der Waals surface area contributed by atoms with Crippen molar-refractivity contribution in [1.82, 2.24) is 0 Å². The molecule has 0 radical (unpaired) electrons. The fourth-order valence-electron chi connectivity index (χ4n) is 2.40. The average Bonchev–Trinajstić information content (AvgIpc) is 2.30. The van der Waals surface area contributed by atoms with Gasteiger partial charge in [-0.2, -0.15) is 0 Å². The standard InChI is InChI=1S/C14H18BrNO3/c1-10-6-11(2)13(7-12(10)16(17)18)19-9-14(8-15)4-3-5-14/h6-7H,3-5,8-9H2,1-2H3. The van der Waals surface area contributed by atoms with E-state index in [0.29, 0.717) is 17.9 Å². The second-order valence-corrected chi connectivity index (χ2v) is 6.00. The number of nitrogens with zero attached hydrogens (tertiary/aromatic N) is 1. The Balaban J connectivity index is 2.16. The van der Waals surface area contributed by atoms with E-state index in [1.165, 1.54) is 6.42 Å². The van der Waals surface area contributed by atoms with Gasteiger partial charge in [0.2, 0.25) is 0 Å². The fourth-order valence-corrected chi connectivity index (χ4v) is 3.12. The number of rotatable bonds is 5. The van der Waals surface area contributed by atoms with Crippen LogP contribution in [-0.2, 0) is 0 Å². The van der Waals surface area contributed by atoms with Crippen LogP contribution in [0.5, 0.6) is 5.75 Å². The lowest BCUT2D eigenvalue weighted by Gasteiger charge is -2.40. The minimum atomic E-state index is -0.356. The quantitative estimate of drug-likeness (QED) is 0.463. The van der Waals surface area contributed by atoms with Crippen LogP contribution in [-0.4, -0.2) is 16.9 Å². The Hall–Kier alpha value is -1.10. The van der Waals surface area contributed by atoms with Crippen molar-refractivity contribution in [3.8, 4) is 5.75 Å². The van der Waals surface area contributed by atoms with E-state index in [0.717, 1.165) is 23.7 Å². The molecule has 0 aromatic heterocycles. The Morgan fingerprint density at radius 3 is 2.53 bits per heavy atom. The van der Waals surface area contributed by atoms with E-state index in [4.69, 9.17) is 4.74 Å². The van der Waals surface area contributed by atoms with Crippen LogP contribution in [0.25, 0.3) is 0 Å². The Kier molecular flexibility index (Phi) is 4.13. The molecule has 0 atom stereocenters. The summed E-state index contributed by atoms with van der Waals surface area (Å²) in [5.41, 5.74) is 1.97.